The van der Waals surface area contributed by atoms with Gasteiger partial charge in [-0.15, -0.1) is 0 Å². The van der Waals surface area contributed by atoms with E-state index in [0.717, 1.165) is 6.92 Å². The van der Waals surface area contributed by atoms with Crippen LogP contribution >= 0.6 is 0 Å². The number of hydrogen-bond acceptors (Lipinski definition) is 5. The van der Waals surface area contributed by atoms with Crippen molar-refractivity contribution >= 4 is 23.6 Å². The predicted octanol–water partition coefficient (Wildman–Crippen LogP) is 3.07. The molecule has 0 aliphatic carbocycles. The van der Waals surface area contributed by atoms with Crippen molar-refractivity contribution in [1.29, 1.82) is 0 Å². The van der Waals surface area contributed by atoms with Crippen LogP contribution < -0.4 is 26.0 Å². The summed E-state index contributed by atoms with van der Waals surface area (Å²) >= 11 is 0. The van der Waals surface area contributed by atoms with Crippen molar-refractivity contribution in [3.05, 3.63) is 59.7 Å². The van der Waals surface area contributed by atoms with Gasteiger partial charge in [0, 0.05) is 26.2 Å². The molecule has 0 saturated heterocycles. The molecule has 0 fully saturated rings. The number of hydrogen-bond donors (Lipinski definition) is 4. The molecule has 9 nitrogen and oxygen atoms in total. The first-order valence-corrected chi connectivity index (χ1v) is 12.7. The first-order chi connectivity index (χ1) is 19.6. The van der Waals surface area contributed by atoms with Crippen molar-refractivity contribution in [2.75, 3.05) is 6.54 Å². The van der Waals surface area contributed by atoms with Crippen LogP contribution in [0, 0.1) is 0 Å². The van der Waals surface area contributed by atoms with Gasteiger partial charge in [0.05, 0.1) is 0 Å². The molecule has 0 unspecified atom stereocenters. The molecule has 1 heterocycles. The highest BCUT2D eigenvalue weighted by Gasteiger charge is 2.35. The van der Waals surface area contributed by atoms with Gasteiger partial charge >= 0.3 is 12.4 Å². The van der Waals surface area contributed by atoms with Crippen LogP contribution in [-0.2, 0) is 32.0 Å². The third-order valence-corrected chi connectivity index (χ3v) is 6.05. The summed E-state index contributed by atoms with van der Waals surface area (Å²) in [5, 5.41) is 8.44. The number of alkyl halides is 6. The van der Waals surface area contributed by atoms with Gasteiger partial charge in [-0.25, -0.2) is 0 Å². The molecule has 4 N–H and O–H groups in total. The van der Waals surface area contributed by atoms with Gasteiger partial charge in [0.25, 0.3) is 0 Å². The Balaban J connectivity index is 2.04. The lowest BCUT2D eigenvalue weighted by Crippen LogP contribution is -2.57. The van der Waals surface area contributed by atoms with Crippen LogP contribution in [0.4, 0.5) is 26.3 Å². The van der Waals surface area contributed by atoms with E-state index in [9.17, 15) is 45.5 Å². The van der Waals surface area contributed by atoms with E-state index in [-0.39, 0.29) is 18.6 Å². The zero-order valence-corrected chi connectivity index (χ0v) is 22.2. The second-order valence-electron chi connectivity index (χ2n) is 9.67. The Kier molecular flexibility index (Phi) is 10.4. The van der Waals surface area contributed by atoms with Crippen LogP contribution in [0.5, 0.6) is 11.5 Å². The summed E-state index contributed by atoms with van der Waals surface area (Å²) in [7, 11) is 0. The van der Waals surface area contributed by atoms with Gasteiger partial charge in [0.15, 0.2) is 0 Å². The SMILES string of the molecule is CC(=O)N[C@H]1Cc2cccc(c2)Oc2cccc(c2)C[C@@H](C(=O)NCC(F)(F)F)NC(=O)[C@H](CCC(F)(F)F)NC1=O. The normalized spacial score (nSPS) is 20.0. The van der Waals surface area contributed by atoms with Gasteiger partial charge in [0.2, 0.25) is 23.6 Å². The van der Waals surface area contributed by atoms with Crippen molar-refractivity contribution < 1.29 is 50.3 Å². The smallest absolute Gasteiger partial charge is 0.405 e. The highest BCUT2D eigenvalue weighted by Crippen LogP contribution is 2.25. The fourth-order valence-corrected chi connectivity index (χ4v) is 4.18. The molecule has 0 aromatic heterocycles. The summed E-state index contributed by atoms with van der Waals surface area (Å²) in [5.74, 6) is -3.51. The Labute approximate surface area is 236 Å². The van der Waals surface area contributed by atoms with E-state index in [4.69, 9.17) is 4.74 Å². The molecule has 3 atom stereocenters. The molecule has 2 aromatic carbocycles. The number of fused-ring (bicyclic) bond motifs is 4. The van der Waals surface area contributed by atoms with E-state index in [2.05, 4.69) is 16.0 Å². The Bertz CT molecular complexity index is 1300. The van der Waals surface area contributed by atoms with Crippen molar-refractivity contribution in [3.63, 3.8) is 0 Å². The third-order valence-electron chi connectivity index (χ3n) is 6.05. The molecular formula is C27H28F6N4O5. The molecule has 228 valence electrons. The maximum atomic E-state index is 13.2. The molecule has 1 aliphatic rings. The van der Waals surface area contributed by atoms with E-state index in [1.54, 1.807) is 41.7 Å². The molecule has 1 aliphatic heterocycles. The van der Waals surface area contributed by atoms with Gasteiger partial charge in [-0.1, -0.05) is 24.3 Å². The zero-order valence-electron chi connectivity index (χ0n) is 22.2. The standard InChI is InChI=1S/C27H28F6N4O5/c1-15(38)35-22-13-17-5-3-7-19(11-17)42-18-6-2-4-16(10-18)12-21(23(39)34-14-27(31,32)33)37-24(40)20(36-25(22)41)8-9-26(28,29)30/h2-7,10-11,20-22H,8-9,12-14H2,1H3,(H,34,39)(H,35,38)(H,36,41)(H,37,40)/t20-,21-,22-/m0/s1. The van der Waals surface area contributed by atoms with Gasteiger partial charge < -0.3 is 26.0 Å². The van der Waals surface area contributed by atoms with E-state index in [1.165, 1.54) is 12.1 Å². The monoisotopic (exact) mass is 602 g/mol. The van der Waals surface area contributed by atoms with Crippen LogP contribution in [0.25, 0.3) is 0 Å². The maximum absolute atomic E-state index is 13.2. The van der Waals surface area contributed by atoms with E-state index in [1.807, 2.05) is 0 Å². The van der Waals surface area contributed by atoms with Crippen molar-refractivity contribution in [2.24, 2.45) is 0 Å². The maximum Gasteiger partial charge on any atom is 0.405 e. The Morgan fingerprint density at radius 2 is 1.48 bits per heavy atom. The number of rotatable bonds is 5. The molecule has 0 spiro atoms. The highest BCUT2D eigenvalue weighted by atomic mass is 19.4. The zero-order chi connectivity index (χ0) is 31.1. The van der Waals surface area contributed by atoms with Crippen LogP contribution in [0.3, 0.4) is 0 Å². The van der Waals surface area contributed by atoms with E-state index < -0.39 is 73.5 Å². The summed E-state index contributed by atoms with van der Waals surface area (Å²) in [6.07, 6.45) is -12.4. The lowest BCUT2D eigenvalue weighted by atomic mass is 10.0. The van der Waals surface area contributed by atoms with Crippen molar-refractivity contribution in [1.82, 2.24) is 21.3 Å². The summed E-state index contributed by atoms with van der Waals surface area (Å²) in [6, 6.07) is 7.70. The molecule has 4 amide bonds. The number of benzene rings is 2. The fourth-order valence-electron chi connectivity index (χ4n) is 4.18. The summed E-state index contributed by atoms with van der Waals surface area (Å²) < 4.78 is 83.5. The second-order valence-corrected chi connectivity index (χ2v) is 9.67. The van der Waals surface area contributed by atoms with Crippen molar-refractivity contribution in [3.8, 4) is 11.5 Å². The van der Waals surface area contributed by atoms with Crippen LogP contribution in [0.1, 0.15) is 30.9 Å². The minimum absolute atomic E-state index is 0.126. The number of halogens is 6. The molecule has 42 heavy (non-hydrogen) atoms. The molecule has 3 rings (SSSR count). The van der Waals surface area contributed by atoms with Crippen LogP contribution in [0.2, 0.25) is 0 Å². The molecule has 2 aromatic rings. The van der Waals surface area contributed by atoms with Crippen LogP contribution in [0.15, 0.2) is 48.5 Å². The Morgan fingerprint density at radius 1 is 0.881 bits per heavy atom. The molecule has 15 heteroatoms. The second kappa shape index (κ2) is 13.6. The minimum atomic E-state index is -4.78. The summed E-state index contributed by atoms with van der Waals surface area (Å²) in [5.41, 5.74) is 0.868. The quantitative estimate of drug-likeness (QED) is 0.392. The number of amides is 4. The molecule has 0 saturated carbocycles. The van der Waals surface area contributed by atoms with E-state index in [0.29, 0.717) is 16.9 Å². The van der Waals surface area contributed by atoms with Crippen LogP contribution in [-0.4, -0.2) is 60.7 Å². The molecule has 4 bridgehead atoms. The van der Waals surface area contributed by atoms with Gasteiger partial charge in [-0.3, -0.25) is 19.2 Å². The lowest BCUT2D eigenvalue weighted by Gasteiger charge is -2.26. The van der Waals surface area contributed by atoms with E-state index >= 15 is 0 Å². The predicted molar refractivity (Wildman–Crippen MR) is 136 cm³/mol. The molecular weight excluding hydrogens is 574 g/mol. The largest absolute Gasteiger partial charge is 0.457 e. The summed E-state index contributed by atoms with van der Waals surface area (Å²) in [6.45, 7) is -0.596. The average molecular weight is 603 g/mol. The first kappa shape index (κ1) is 32.2. The third kappa shape index (κ3) is 10.6. The number of carbonyl (C=O) groups excluding carboxylic acids is 4. The topological polar surface area (TPSA) is 126 Å². The number of nitrogens with one attached hydrogen (secondary N) is 4. The number of ether oxygens (including phenoxy) is 1. The summed E-state index contributed by atoms with van der Waals surface area (Å²) in [4.78, 5) is 50.9. The Hall–Kier alpha value is -4.30. The van der Waals surface area contributed by atoms with Gasteiger partial charge in [-0.05, 0) is 41.8 Å². The van der Waals surface area contributed by atoms with Crippen molar-refractivity contribution in [2.45, 2.75) is 63.1 Å². The minimum Gasteiger partial charge on any atom is -0.457 e. The lowest BCUT2D eigenvalue weighted by molar-refractivity contribution is -0.143. The Morgan fingerprint density at radius 3 is 2.02 bits per heavy atom. The highest BCUT2D eigenvalue weighted by molar-refractivity contribution is 5.94. The average Bonchev–Trinajstić information content (AvgIpc) is 2.87. The first-order valence-electron chi connectivity index (χ1n) is 12.7. The number of carbonyl (C=O) groups is 4. The van der Waals surface area contributed by atoms with Gasteiger partial charge in [0.1, 0.15) is 36.2 Å². The molecule has 0 radical (unpaired) electrons. The van der Waals surface area contributed by atoms with Gasteiger partial charge in [-0.2, -0.15) is 26.3 Å². The fraction of sp³-hybridized carbons (Fsp3) is 0.407.